The lowest BCUT2D eigenvalue weighted by molar-refractivity contribution is 0.323. The van der Waals surface area contributed by atoms with E-state index in [-0.39, 0.29) is 11.4 Å². The molecular formula is C20H25N3O5S2. The van der Waals surface area contributed by atoms with Gasteiger partial charge in [0.1, 0.15) is 9.90 Å². The molecule has 30 heavy (non-hydrogen) atoms. The molecule has 0 spiro atoms. The number of ether oxygens (including phenoxy) is 3. The molecule has 2 heterocycles. The van der Waals surface area contributed by atoms with Crippen LogP contribution in [0.15, 0.2) is 28.5 Å². The van der Waals surface area contributed by atoms with Crippen LogP contribution in [-0.4, -0.2) is 39.3 Å². The largest absolute Gasteiger partial charge is 0.493 e. The van der Waals surface area contributed by atoms with Gasteiger partial charge in [-0.05, 0) is 37.6 Å². The number of aryl methyl sites for hydroxylation is 1. The molecule has 10 heteroatoms. The third-order valence-corrected chi connectivity index (χ3v) is 7.31. The summed E-state index contributed by atoms with van der Waals surface area (Å²) in [7, 11) is 2.62. The molecule has 0 saturated heterocycles. The summed E-state index contributed by atoms with van der Waals surface area (Å²) in [5.74, 6) is 1.38. The highest BCUT2D eigenvalue weighted by Gasteiger charge is 2.23. The summed E-state index contributed by atoms with van der Waals surface area (Å²) in [5, 5.41) is 2.72. The first-order valence-corrected chi connectivity index (χ1v) is 11.5. The van der Waals surface area contributed by atoms with E-state index in [1.54, 1.807) is 25.1 Å². The Balaban J connectivity index is 1.89. The summed E-state index contributed by atoms with van der Waals surface area (Å²) in [6, 6.07) is 5.09. The minimum atomic E-state index is -3.75. The topological polar surface area (TPSA) is 91.7 Å². The fraction of sp³-hybridized carbons (Fsp3) is 0.350. The van der Waals surface area contributed by atoms with Gasteiger partial charge in [0.15, 0.2) is 11.5 Å². The molecule has 0 saturated carbocycles. The van der Waals surface area contributed by atoms with Crippen LogP contribution in [0, 0.1) is 13.8 Å². The van der Waals surface area contributed by atoms with E-state index in [1.807, 2.05) is 23.9 Å². The molecule has 3 aromatic rings. The second-order valence-electron chi connectivity index (χ2n) is 6.69. The van der Waals surface area contributed by atoms with Crippen molar-refractivity contribution in [2.75, 3.05) is 21.3 Å². The molecule has 0 aliphatic rings. The van der Waals surface area contributed by atoms with E-state index in [0.717, 1.165) is 16.4 Å². The Morgan fingerprint density at radius 3 is 2.20 bits per heavy atom. The number of aromatic nitrogens is 2. The molecule has 8 nitrogen and oxygen atoms in total. The average Bonchev–Trinajstić information content (AvgIpc) is 3.29. The summed E-state index contributed by atoms with van der Waals surface area (Å²) in [6.45, 7) is 3.75. The van der Waals surface area contributed by atoms with Crippen molar-refractivity contribution in [1.29, 1.82) is 0 Å². The van der Waals surface area contributed by atoms with Crippen LogP contribution in [0.25, 0.3) is 10.7 Å². The minimum absolute atomic E-state index is 0.0685. The van der Waals surface area contributed by atoms with Crippen molar-refractivity contribution in [3.05, 3.63) is 40.5 Å². The Morgan fingerprint density at radius 2 is 1.70 bits per heavy atom. The van der Waals surface area contributed by atoms with Crippen molar-refractivity contribution in [3.8, 4) is 28.0 Å². The highest BCUT2D eigenvalue weighted by atomic mass is 32.2. The highest BCUT2D eigenvalue weighted by molar-refractivity contribution is 7.89. The molecule has 2 aromatic heterocycles. The lowest BCUT2D eigenvalue weighted by Gasteiger charge is -2.14. The molecule has 0 fully saturated rings. The van der Waals surface area contributed by atoms with Gasteiger partial charge in [0.05, 0.1) is 27.0 Å². The van der Waals surface area contributed by atoms with Gasteiger partial charge >= 0.3 is 0 Å². The maximum atomic E-state index is 13.0. The fourth-order valence-electron chi connectivity index (χ4n) is 3.11. The van der Waals surface area contributed by atoms with Gasteiger partial charge in [-0.3, -0.25) is 0 Å². The Hall–Kier alpha value is -2.56. The Morgan fingerprint density at radius 1 is 1.07 bits per heavy atom. The lowest BCUT2D eigenvalue weighted by atomic mass is 10.2. The summed E-state index contributed by atoms with van der Waals surface area (Å²) in [5.41, 5.74) is 2.98. The quantitative estimate of drug-likeness (QED) is 0.565. The van der Waals surface area contributed by atoms with Gasteiger partial charge < -0.3 is 18.8 Å². The molecule has 0 bridgehead atoms. The van der Waals surface area contributed by atoms with Crippen molar-refractivity contribution < 1.29 is 22.6 Å². The number of methoxy groups -OCH3 is 3. The lowest BCUT2D eigenvalue weighted by Crippen LogP contribution is -2.23. The maximum absolute atomic E-state index is 13.0. The zero-order chi connectivity index (χ0) is 22.1. The van der Waals surface area contributed by atoms with Crippen LogP contribution in [0.3, 0.4) is 0 Å². The van der Waals surface area contributed by atoms with E-state index in [4.69, 9.17) is 14.2 Å². The van der Waals surface area contributed by atoms with Crippen LogP contribution in [-0.2, 0) is 23.6 Å². The standard InChI is InChI=1S/C20H25N3O5S2/c1-12-11-29-20(22-12)15-9-18(13(2)23(15)3)30(24,25)21-10-14-7-16(26-4)19(28-6)17(8-14)27-5/h7-9,11,21H,10H2,1-6H3. The van der Waals surface area contributed by atoms with Crippen LogP contribution in [0.4, 0.5) is 0 Å². The molecule has 162 valence electrons. The van der Waals surface area contributed by atoms with Crippen LogP contribution >= 0.6 is 11.3 Å². The van der Waals surface area contributed by atoms with E-state index < -0.39 is 10.0 Å². The number of nitrogens with one attached hydrogen (secondary N) is 1. The van der Waals surface area contributed by atoms with Gasteiger partial charge in [0.2, 0.25) is 15.8 Å². The number of sulfonamides is 1. The average molecular weight is 452 g/mol. The zero-order valence-electron chi connectivity index (χ0n) is 17.8. The number of thiazole rings is 1. The van der Waals surface area contributed by atoms with Crippen LogP contribution in [0.5, 0.6) is 17.2 Å². The number of hydrogen-bond acceptors (Lipinski definition) is 7. The summed E-state index contributed by atoms with van der Waals surface area (Å²) >= 11 is 1.48. The van der Waals surface area contributed by atoms with Gasteiger partial charge in [0, 0.05) is 30.4 Å². The minimum Gasteiger partial charge on any atom is -0.493 e. The van der Waals surface area contributed by atoms with Crippen LogP contribution in [0.1, 0.15) is 17.0 Å². The first-order chi connectivity index (χ1) is 14.2. The molecule has 0 atom stereocenters. The second-order valence-corrected chi connectivity index (χ2v) is 9.28. The first-order valence-electron chi connectivity index (χ1n) is 9.09. The van der Waals surface area contributed by atoms with Crippen LogP contribution in [0.2, 0.25) is 0 Å². The third-order valence-electron chi connectivity index (χ3n) is 4.81. The number of benzene rings is 1. The van der Waals surface area contributed by atoms with Crippen molar-refractivity contribution in [2.45, 2.75) is 25.3 Å². The molecule has 0 aliphatic heterocycles. The molecule has 0 unspecified atom stereocenters. The Labute approximate surface area is 180 Å². The zero-order valence-corrected chi connectivity index (χ0v) is 19.4. The van der Waals surface area contributed by atoms with E-state index in [1.165, 1.54) is 32.7 Å². The number of hydrogen-bond donors (Lipinski definition) is 1. The van der Waals surface area contributed by atoms with Crippen molar-refractivity contribution in [3.63, 3.8) is 0 Å². The van der Waals surface area contributed by atoms with Gasteiger partial charge in [0.25, 0.3) is 0 Å². The van der Waals surface area contributed by atoms with E-state index in [9.17, 15) is 8.42 Å². The van der Waals surface area contributed by atoms with Gasteiger partial charge in [-0.1, -0.05) is 0 Å². The number of nitrogens with zero attached hydrogens (tertiary/aromatic N) is 2. The first kappa shape index (κ1) is 22.1. The maximum Gasteiger partial charge on any atom is 0.242 e. The van der Waals surface area contributed by atoms with Gasteiger partial charge in [-0.15, -0.1) is 11.3 Å². The van der Waals surface area contributed by atoms with E-state index >= 15 is 0 Å². The molecule has 0 aliphatic carbocycles. The summed E-state index contributed by atoms with van der Waals surface area (Å²) in [6.07, 6.45) is 0. The SMILES string of the molecule is COc1cc(CNS(=O)(=O)c2cc(-c3nc(C)cs3)n(C)c2C)cc(OC)c1OC. The Kier molecular flexibility index (Phi) is 6.39. The fourth-order valence-corrected chi connectivity index (χ4v) is 5.27. The monoisotopic (exact) mass is 451 g/mol. The Bertz CT molecular complexity index is 1140. The predicted molar refractivity (Wildman–Crippen MR) is 116 cm³/mol. The molecule has 1 aromatic carbocycles. The van der Waals surface area contributed by atoms with Crippen LogP contribution < -0.4 is 18.9 Å². The van der Waals surface area contributed by atoms with E-state index in [2.05, 4.69) is 9.71 Å². The molecule has 0 radical (unpaired) electrons. The summed E-state index contributed by atoms with van der Waals surface area (Å²) in [4.78, 5) is 4.69. The summed E-state index contributed by atoms with van der Waals surface area (Å²) < 4.78 is 46.5. The van der Waals surface area contributed by atoms with Crippen molar-refractivity contribution >= 4 is 21.4 Å². The smallest absolute Gasteiger partial charge is 0.242 e. The molecule has 0 amide bonds. The normalized spacial score (nSPS) is 11.5. The number of rotatable bonds is 8. The second kappa shape index (κ2) is 8.66. The van der Waals surface area contributed by atoms with E-state index in [0.29, 0.717) is 28.5 Å². The molecular weight excluding hydrogens is 426 g/mol. The predicted octanol–water partition coefficient (Wildman–Crippen LogP) is 3.27. The van der Waals surface area contributed by atoms with Gasteiger partial charge in [-0.2, -0.15) is 0 Å². The highest BCUT2D eigenvalue weighted by Crippen LogP contribution is 2.38. The van der Waals surface area contributed by atoms with Crippen molar-refractivity contribution in [2.24, 2.45) is 7.05 Å². The molecule has 3 rings (SSSR count). The third kappa shape index (κ3) is 4.16. The van der Waals surface area contributed by atoms with Gasteiger partial charge in [-0.25, -0.2) is 18.1 Å². The van der Waals surface area contributed by atoms with Crippen molar-refractivity contribution in [1.82, 2.24) is 14.3 Å². The molecule has 1 N–H and O–H groups in total.